The Bertz CT molecular complexity index is 1270. The number of nitrogens with zero attached hydrogens (tertiary/aromatic N) is 3. The van der Waals surface area contributed by atoms with Gasteiger partial charge in [0.05, 0.1) is 17.7 Å². The van der Waals surface area contributed by atoms with Crippen molar-refractivity contribution in [2.24, 2.45) is 0 Å². The lowest BCUT2D eigenvalue weighted by molar-refractivity contribution is -0.114. The van der Waals surface area contributed by atoms with Crippen LogP contribution in [0.15, 0.2) is 58.6 Å². The third kappa shape index (κ3) is 3.02. The van der Waals surface area contributed by atoms with Crippen molar-refractivity contribution in [3.63, 3.8) is 0 Å². The molecule has 0 unspecified atom stereocenters. The standard InChI is InChI=1S/C19H13ClN4O3S/c1-27-14-8-4-5-10(15(14)25)9-12-16(21)24-19(22-17(12)26)28-18(23-24)11-6-2-3-7-13(11)20/h2-9H,21H2,1H3/b10-9+. The van der Waals surface area contributed by atoms with Crippen molar-refractivity contribution >= 4 is 45.6 Å². The SMILES string of the molecule is COC1=CC=C/C(=C\c2c(N)n3nc(-c4ccccc4Cl)sc3nc2=O)C1=O. The third-order valence-corrected chi connectivity index (χ3v) is 5.40. The van der Waals surface area contributed by atoms with Gasteiger partial charge in [-0.3, -0.25) is 9.59 Å². The number of benzene rings is 1. The molecule has 0 spiro atoms. The van der Waals surface area contributed by atoms with Gasteiger partial charge in [0.1, 0.15) is 10.8 Å². The Morgan fingerprint density at radius 3 is 2.82 bits per heavy atom. The molecular weight excluding hydrogens is 400 g/mol. The average molecular weight is 413 g/mol. The van der Waals surface area contributed by atoms with E-state index in [9.17, 15) is 9.59 Å². The number of Topliss-reactive ketones (excluding diaryl/α,β-unsaturated/α-hetero) is 1. The first-order valence-electron chi connectivity index (χ1n) is 8.12. The first kappa shape index (κ1) is 18.1. The predicted molar refractivity (Wildman–Crippen MR) is 109 cm³/mol. The molecule has 1 aliphatic carbocycles. The molecule has 0 saturated heterocycles. The van der Waals surface area contributed by atoms with Crippen LogP contribution >= 0.6 is 22.9 Å². The van der Waals surface area contributed by atoms with Crippen LogP contribution in [0.2, 0.25) is 5.02 Å². The molecule has 0 aliphatic heterocycles. The first-order chi connectivity index (χ1) is 13.5. The molecule has 1 aliphatic rings. The molecule has 0 amide bonds. The second-order valence-electron chi connectivity index (χ2n) is 5.82. The minimum Gasteiger partial charge on any atom is -0.493 e. The van der Waals surface area contributed by atoms with Gasteiger partial charge >= 0.3 is 0 Å². The second-order valence-corrected chi connectivity index (χ2v) is 7.18. The van der Waals surface area contributed by atoms with Crippen LogP contribution in [0.1, 0.15) is 5.56 Å². The molecule has 2 heterocycles. The van der Waals surface area contributed by atoms with Gasteiger partial charge in [0.15, 0.2) is 5.76 Å². The lowest BCUT2D eigenvalue weighted by Crippen LogP contribution is -2.18. The van der Waals surface area contributed by atoms with E-state index in [1.165, 1.54) is 29.0 Å². The zero-order valence-corrected chi connectivity index (χ0v) is 16.1. The Balaban J connectivity index is 1.86. The van der Waals surface area contributed by atoms with Gasteiger partial charge in [0.2, 0.25) is 10.7 Å². The molecule has 0 atom stereocenters. The van der Waals surface area contributed by atoms with E-state index >= 15 is 0 Å². The number of hydrogen-bond acceptors (Lipinski definition) is 7. The number of fused-ring (bicyclic) bond motifs is 1. The zero-order chi connectivity index (χ0) is 19.8. The summed E-state index contributed by atoms with van der Waals surface area (Å²) in [6.07, 6.45) is 6.18. The number of carbonyl (C=O) groups excluding carboxylic acids is 1. The molecule has 9 heteroatoms. The Labute approximate surface area is 168 Å². The molecule has 140 valence electrons. The monoisotopic (exact) mass is 412 g/mol. The van der Waals surface area contributed by atoms with E-state index in [2.05, 4.69) is 10.1 Å². The molecule has 2 aromatic heterocycles. The summed E-state index contributed by atoms with van der Waals surface area (Å²) in [4.78, 5) is 29.3. The van der Waals surface area contributed by atoms with Gasteiger partial charge in [-0.05, 0) is 18.2 Å². The minimum absolute atomic E-state index is 0.0823. The number of carbonyl (C=O) groups is 1. The Morgan fingerprint density at radius 1 is 1.29 bits per heavy atom. The quantitative estimate of drug-likeness (QED) is 0.663. The van der Waals surface area contributed by atoms with E-state index in [-0.39, 0.29) is 28.5 Å². The zero-order valence-electron chi connectivity index (χ0n) is 14.5. The van der Waals surface area contributed by atoms with E-state index in [1.54, 1.807) is 24.3 Å². The number of methoxy groups -OCH3 is 1. The Morgan fingerprint density at radius 2 is 2.07 bits per heavy atom. The number of ketones is 1. The second kappa shape index (κ2) is 7.06. The van der Waals surface area contributed by atoms with E-state index in [4.69, 9.17) is 22.1 Å². The van der Waals surface area contributed by atoms with E-state index < -0.39 is 5.56 Å². The Kier molecular flexibility index (Phi) is 4.58. The highest BCUT2D eigenvalue weighted by molar-refractivity contribution is 7.19. The summed E-state index contributed by atoms with van der Waals surface area (Å²) < 4.78 is 6.41. The van der Waals surface area contributed by atoms with Gasteiger partial charge in [-0.1, -0.05) is 53.3 Å². The van der Waals surface area contributed by atoms with Crippen LogP contribution in [0, 0.1) is 0 Å². The van der Waals surface area contributed by atoms with Crippen LogP contribution in [-0.2, 0) is 9.53 Å². The summed E-state index contributed by atoms with van der Waals surface area (Å²) in [5.41, 5.74) is 6.71. The van der Waals surface area contributed by atoms with Gasteiger partial charge in [0, 0.05) is 11.1 Å². The Hall–Kier alpha value is -3.23. The van der Waals surface area contributed by atoms with Crippen LogP contribution < -0.4 is 11.3 Å². The van der Waals surface area contributed by atoms with E-state index in [0.717, 1.165) is 0 Å². The van der Waals surface area contributed by atoms with Crippen LogP contribution in [-0.4, -0.2) is 27.5 Å². The third-order valence-electron chi connectivity index (χ3n) is 4.13. The average Bonchev–Trinajstić information content (AvgIpc) is 3.10. The molecular formula is C19H13ClN4O3S. The van der Waals surface area contributed by atoms with Crippen LogP contribution in [0.5, 0.6) is 0 Å². The molecule has 0 saturated carbocycles. The van der Waals surface area contributed by atoms with Gasteiger partial charge in [0.25, 0.3) is 5.56 Å². The van der Waals surface area contributed by atoms with Crippen molar-refractivity contribution in [2.45, 2.75) is 0 Å². The van der Waals surface area contributed by atoms with Crippen LogP contribution in [0.4, 0.5) is 5.82 Å². The molecule has 0 bridgehead atoms. The number of nitrogens with two attached hydrogens (primary N) is 1. The number of anilines is 1. The van der Waals surface area contributed by atoms with E-state index in [1.807, 2.05) is 18.2 Å². The largest absolute Gasteiger partial charge is 0.493 e. The van der Waals surface area contributed by atoms with Gasteiger partial charge < -0.3 is 10.5 Å². The molecule has 28 heavy (non-hydrogen) atoms. The first-order valence-corrected chi connectivity index (χ1v) is 9.32. The summed E-state index contributed by atoms with van der Waals surface area (Å²) >= 11 is 7.43. The highest BCUT2D eigenvalue weighted by Gasteiger charge is 2.20. The fourth-order valence-corrected chi connectivity index (χ4v) is 3.94. The van der Waals surface area contributed by atoms with Crippen molar-refractivity contribution in [3.8, 4) is 10.6 Å². The van der Waals surface area contributed by atoms with Crippen LogP contribution in [0.3, 0.4) is 0 Å². The molecule has 7 nitrogen and oxygen atoms in total. The van der Waals surface area contributed by atoms with Gasteiger partial charge in [-0.15, -0.1) is 0 Å². The topological polar surface area (TPSA) is 99.6 Å². The number of allylic oxidation sites excluding steroid dienone is 4. The molecule has 0 radical (unpaired) electrons. The number of halogens is 1. The number of nitrogen functional groups attached to an aromatic ring is 1. The summed E-state index contributed by atoms with van der Waals surface area (Å²) in [5, 5.41) is 5.55. The number of hydrogen-bond donors (Lipinski definition) is 1. The van der Waals surface area contributed by atoms with Crippen molar-refractivity contribution < 1.29 is 9.53 Å². The fraction of sp³-hybridized carbons (Fsp3) is 0.0526. The summed E-state index contributed by atoms with van der Waals surface area (Å²) in [7, 11) is 1.41. The van der Waals surface area contributed by atoms with Gasteiger partial charge in [-0.2, -0.15) is 14.6 Å². The highest BCUT2D eigenvalue weighted by atomic mass is 35.5. The van der Waals surface area contributed by atoms with Gasteiger partial charge in [-0.25, -0.2) is 0 Å². The smallest absolute Gasteiger partial charge is 0.283 e. The molecule has 3 aromatic rings. The lowest BCUT2D eigenvalue weighted by atomic mass is 10.0. The molecule has 1 aromatic carbocycles. The summed E-state index contributed by atoms with van der Waals surface area (Å²) in [6.45, 7) is 0. The fourth-order valence-electron chi connectivity index (χ4n) is 2.72. The normalized spacial score (nSPS) is 15.3. The number of rotatable bonds is 3. The summed E-state index contributed by atoms with van der Waals surface area (Å²) in [6, 6.07) is 7.23. The maximum absolute atomic E-state index is 12.5. The van der Waals surface area contributed by atoms with Crippen molar-refractivity contribution in [1.29, 1.82) is 0 Å². The van der Waals surface area contributed by atoms with Crippen molar-refractivity contribution in [3.05, 3.63) is 74.8 Å². The van der Waals surface area contributed by atoms with Crippen molar-refractivity contribution in [1.82, 2.24) is 14.6 Å². The lowest BCUT2D eigenvalue weighted by Gasteiger charge is -2.09. The molecule has 2 N–H and O–H groups in total. The number of ether oxygens (including phenoxy) is 1. The molecule has 4 rings (SSSR count). The van der Waals surface area contributed by atoms with E-state index in [0.29, 0.717) is 20.6 Å². The maximum atomic E-state index is 12.5. The maximum Gasteiger partial charge on any atom is 0.283 e. The molecule has 0 fully saturated rings. The highest BCUT2D eigenvalue weighted by Crippen LogP contribution is 2.31. The van der Waals surface area contributed by atoms with Crippen molar-refractivity contribution in [2.75, 3.05) is 12.8 Å². The number of aromatic nitrogens is 3. The predicted octanol–water partition coefficient (Wildman–Crippen LogP) is 3.11. The summed E-state index contributed by atoms with van der Waals surface area (Å²) in [5.74, 6) is -0.0770. The minimum atomic E-state index is -0.547. The van der Waals surface area contributed by atoms with Crippen LogP contribution in [0.25, 0.3) is 21.6 Å².